The Balaban J connectivity index is 2.05. The Bertz CT molecular complexity index is 508. The SMILES string of the molecule is CCCON1c2ccccc2Nc2ccccc21. The molecular formula is C15H16N2O. The van der Waals surface area contributed by atoms with Gasteiger partial charge in [-0.2, -0.15) is 0 Å². The second kappa shape index (κ2) is 4.70. The number of nitrogens with zero attached hydrogens (tertiary/aromatic N) is 1. The molecule has 3 rings (SSSR count). The summed E-state index contributed by atoms with van der Waals surface area (Å²) < 4.78 is 0. The van der Waals surface area contributed by atoms with E-state index < -0.39 is 0 Å². The average molecular weight is 240 g/mol. The minimum Gasteiger partial charge on any atom is -0.352 e. The first-order valence-electron chi connectivity index (χ1n) is 6.28. The van der Waals surface area contributed by atoms with Gasteiger partial charge in [0, 0.05) is 0 Å². The normalized spacial score (nSPS) is 12.6. The Morgan fingerprint density at radius 2 is 1.50 bits per heavy atom. The van der Waals surface area contributed by atoms with Crippen LogP contribution in [0.5, 0.6) is 0 Å². The highest BCUT2D eigenvalue weighted by Crippen LogP contribution is 2.43. The van der Waals surface area contributed by atoms with Crippen LogP contribution in [0.15, 0.2) is 48.5 Å². The first kappa shape index (κ1) is 11.1. The summed E-state index contributed by atoms with van der Waals surface area (Å²) in [6.07, 6.45) is 0.994. The lowest BCUT2D eigenvalue weighted by Gasteiger charge is -2.32. The number of hydrogen-bond donors (Lipinski definition) is 1. The summed E-state index contributed by atoms with van der Waals surface area (Å²) in [7, 11) is 0. The highest BCUT2D eigenvalue weighted by molar-refractivity contribution is 5.90. The predicted octanol–water partition coefficient (Wildman–Crippen LogP) is 4.22. The zero-order valence-corrected chi connectivity index (χ0v) is 10.4. The topological polar surface area (TPSA) is 24.5 Å². The first-order valence-corrected chi connectivity index (χ1v) is 6.28. The fourth-order valence-electron chi connectivity index (χ4n) is 2.11. The number of fused-ring (bicyclic) bond motifs is 2. The highest BCUT2D eigenvalue weighted by Gasteiger charge is 2.22. The molecule has 18 heavy (non-hydrogen) atoms. The van der Waals surface area contributed by atoms with Crippen molar-refractivity contribution in [2.75, 3.05) is 17.0 Å². The number of hydrogen-bond acceptors (Lipinski definition) is 3. The molecule has 0 aromatic heterocycles. The second-order valence-corrected chi connectivity index (χ2v) is 4.29. The van der Waals surface area contributed by atoms with Crippen molar-refractivity contribution in [3.63, 3.8) is 0 Å². The van der Waals surface area contributed by atoms with Crippen LogP contribution in [0.25, 0.3) is 0 Å². The number of nitrogens with one attached hydrogen (secondary N) is 1. The van der Waals surface area contributed by atoms with E-state index in [0.29, 0.717) is 6.61 Å². The van der Waals surface area contributed by atoms with Crippen molar-refractivity contribution in [2.24, 2.45) is 0 Å². The van der Waals surface area contributed by atoms with Gasteiger partial charge in [-0.1, -0.05) is 31.2 Å². The summed E-state index contributed by atoms with van der Waals surface area (Å²) in [5.74, 6) is 0. The lowest BCUT2D eigenvalue weighted by molar-refractivity contribution is 0.136. The summed E-state index contributed by atoms with van der Waals surface area (Å²) in [5, 5.41) is 5.35. The van der Waals surface area contributed by atoms with Crippen LogP contribution in [-0.2, 0) is 4.84 Å². The summed E-state index contributed by atoms with van der Waals surface area (Å²) in [4.78, 5) is 5.88. The molecule has 2 aromatic rings. The number of benzene rings is 2. The molecule has 0 bridgehead atoms. The third kappa shape index (κ3) is 1.83. The molecular weight excluding hydrogens is 224 g/mol. The van der Waals surface area contributed by atoms with E-state index in [0.717, 1.165) is 29.2 Å². The Morgan fingerprint density at radius 1 is 0.944 bits per heavy atom. The van der Waals surface area contributed by atoms with Crippen molar-refractivity contribution < 1.29 is 4.84 Å². The van der Waals surface area contributed by atoms with E-state index in [1.807, 2.05) is 29.3 Å². The molecule has 0 spiro atoms. The molecule has 0 radical (unpaired) electrons. The molecule has 0 fully saturated rings. The van der Waals surface area contributed by atoms with Gasteiger partial charge in [0.15, 0.2) is 0 Å². The number of para-hydroxylation sites is 4. The minimum atomic E-state index is 0.711. The maximum Gasteiger partial charge on any atom is 0.0931 e. The van der Waals surface area contributed by atoms with E-state index in [2.05, 4.69) is 36.5 Å². The van der Waals surface area contributed by atoms with Crippen molar-refractivity contribution in [1.29, 1.82) is 0 Å². The van der Waals surface area contributed by atoms with E-state index in [9.17, 15) is 0 Å². The smallest absolute Gasteiger partial charge is 0.0931 e. The minimum absolute atomic E-state index is 0.711. The van der Waals surface area contributed by atoms with E-state index in [1.54, 1.807) is 0 Å². The van der Waals surface area contributed by atoms with Gasteiger partial charge in [0.2, 0.25) is 0 Å². The van der Waals surface area contributed by atoms with Crippen LogP contribution >= 0.6 is 0 Å². The molecule has 3 heteroatoms. The molecule has 0 saturated carbocycles. The van der Waals surface area contributed by atoms with Gasteiger partial charge in [-0.25, -0.2) is 5.06 Å². The molecule has 0 atom stereocenters. The molecule has 2 aromatic carbocycles. The maximum atomic E-state index is 5.88. The molecule has 0 saturated heterocycles. The van der Waals surface area contributed by atoms with E-state index in [-0.39, 0.29) is 0 Å². The van der Waals surface area contributed by atoms with Crippen LogP contribution in [-0.4, -0.2) is 6.61 Å². The lowest BCUT2D eigenvalue weighted by Crippen LogP contribution is -2.23. The van der Waals surface area contributed by atoms with Crippen LogP contribution in [0.2, 0.25) is 0 Å². The molecule has 1 N–H and O–H groups in total. The largest absolute Gasteiger partial charge is 0.352 e. The highest BCUT2D eigenvalue weighted by atomic mass is 16.7. The van der Waals surface area contributed by atoms with Gasteiger partial charge in [-0.05, 0) is 30.7 Å². The van der Waals surface area contributed by atoms with Crippen molar-refractivity contribution in [1.82, 2.24) is 0 Å². The van der Waals surface area contributed by atoms with Gasteiger partial charge >= 0.3 is 0 Å². The molecule has 0 unspecified atom stereocenters. The summed E-state index contributed by atoms with van der Waals surface area (Å²) in [6, 6.07) is 16.4. The zero-order valence-electron chi connectivity index (χ0n) is 10.4. The fraction of sp³-hybridized carbons (Fsp3) is 0.200. The van der Waals surface area contributed by atoms with Crippen molar-refractivity contribution >= 4 is 22.7 Å². The Labute approximate surface area is 107 Å². The Kier molecular flexibility index (Phi) is 2.90. The second-order valence-electron chi connectivity index (χ2n) is 4.29. The van der Waals surface area contributed by atoms with Crippen LogP contribution < -0.4 is 10.4 Å². The van der Waals surface area contributed by atoms with Crippen molar-refractivity contribution in [3.8, 4) is 0 Å². The Morgan fingerprint density at radius 3 is 2.06 bits per heavy atom. The molecule has 1 aliphatic heterocycles. The third-order valence-electron chi connectivity index (χ3n) is 2.94. The first-order chi connectivity index (χ1) is 8.90. The number of anilines is 4. The van der Waals surface area contributed by atoms with E-state index >= 15 is 0 Å². The van der Waals surface area contributed by atoms with Crippen molar-refractivity contribution in [2.45, 2.75) is 13.3 Å². The van der Waals surface area contributed by atoms with Gasteiger partial charge in [0.1, 0.15) is 0 Å². The van der Waals surface area contributed by atoms with Crippen LogP contribution in [0.4, 0.5) is 22.7 Å². The van der Waals surface area contributed by atoms with Gasteiger partial charge in [-0.15, -0.1) is 0 Å². The molecule has 0 amide bonds. The third-order valence-corrected chi connectivity index (χ3v) is 2.94. The number of rotatable bonds is 3. The van der Waals surface area contributed by atoms with E-state index in [1.165, 1.54) is 0 Å². The standard InChI is InChI=1S/C15H16N2O/c1-2-11-18-17-14-9-5-3-7-12(14)16-13-8-4-6-10-15(13)17/h3-10,16H,2,11H2,1H3. The molecule has 1 heterocycles. The van der Waals surface area contributed by atoms with Gasteiger partial charge < -0.3 is 5.32 Å². The van der Waals surface area contributed by atoms with Gasteiger partial charge in [0.25, 0.3) is 0 Å². The van der Waals surface area contributed by atoms with Crippen LogP contribution in [0.3, 0.4) is 0 Å². The Hall–Kier alpha value is -2.00. The summed E-state index contributed by atoms with van der Waals surface area (Å²) >= 11 is 0. The lowest BCUT2D eigenvalue weighted by atomic mass is 10.1. The molecule has 1 aliphatic rings. The fourth-order valence-corrected chi connectivity index (χ4v) is 2.11. The molecule has 0 aliphatic carbocycles. The predicted molar refractivity (Wildman–Crippen MR) is 74.5 cm³/mol. The summed E-state index contributed by atoms with van der Waals surface area (Å²) in [5.41, 5.74) is 4.27. The maximum absolute atomic E-state index is 5.88. The summed E-state index contributed by atoms with van der Waals surface area (Å²) in [6.45, 7) is 2.82. The van der Waals surface area contributed by atoms with Crippen molar-refractivity contribution in [3.05, 3.63) is 48.5 Å². The molecule has 3 nitrogen and oxygen atoms in total. The quantitative estimate of drug-likeness (QED) is 0.869. The molecule has 92 valence electrons. The zero-order chi connectivity index (χ0) is 12.4. The monoisotopic (exact) mass is 240 g/mol. The van der Waals surface area contributed by atoms with Gasteiger partial charge in [0.05, 0.1) is 29.4 Å². The van der Waals surface area contributed by atoms with Crippen LogP contribution in [0.1, 0.15) is 13.3 Å². The van der Waals surface area contributed by atoms with E-state index in [4.69, 9.17) is 4.84 Å². The van der Waals surface area contributed by atoms with Gasteiger partial charge in [-0.3, -0.25) is 4.84 Å². The van der Waals surface area contributed by atoms with Crippen LogP contribution in [0, 0.1) is 0 Å². The average Bonchev–Trinajstić information content (AvgIpc) is 2.43.